The van der Waals surface area contributed by atoms with Crippen molar-refractivity contribution >= 4 is 22.7 Å². The number of carboxylic acid groups (broad SMARTS) is 1. The number of esters is 1. The summed E-state index contributed by atoms with van der Waals surface area (Å²) in [6.45, 7) is 0. The third-order valence-electron chi connectivity index (χ3n) is 7.40. The number of carboxylic acids is 1. The lowest BCUT2D eigenvalue weighted by molar-refractivity contribution is -0.158. The fourth-order valence-corrected chi connectivity index (χ4v) is 5.63. The fourth-order valence-electron chi connectivity index (χ4n) is 5.63. The lowest BCUT2D eigenvalue weighted by atomic mass is 9.52. The number of rotatable bonds is 6. The normalized spacial score (nSPS) is 20.4. The molecular weight excluding hydrogens is 476 g/mol. The zero-order valence-corrected chi connectivity index (χ0v) is 20.3. The third-order valence-corrected chi connectivity index (χ3v) is 7.40. The highest BCUT2D eigenvalue weighted by Gasteiger charge is 2.59. The molecule has 1 aliphatic rings. The molecule has 0 radical (unpaired) electrons. The average molecular weight is 501 g/mol. The summed E-state index contributed by atoms with van der Waals surface area (Å²) >= 11 is 0. The van der Waals surface area contributed by atoms with Gasteiger partial charge in [0.05, 0.1) is 11.8 Å². The van der Waals surface area contributed by atoms with E-state index in [1.54, 1.807) is 18.5 Å². The number of aliphatic carboxylic acids is 1. The van der Waals surface area contributed by atoms with Crippen molar-refractivity contribution in [2.45, 2.75) is 11.8 Å². The molecule has 38 heavy (non-hydrogen) atoms. The number of nitrogens with zero attached hydrogens (tertiary/aromatic N) is 2. The highest BCUT2D eigenvalue weighted by molar-refractivity contribution is 5.90. The minimum absolute atomic E-state index is 0.427. The summed E-state index contributed by atoms with van der Waals surface area (Å²) in [5, 5.41) is 12.1. The topological polar surface area (TPSA) is 89.4 Å². The Morgan fingerprint density at radius 3 is 1.84 bits per heavy atom. The third kappa shape index (κ3) is 4.30. The van der Waals surface area contributed by atoms with Gasteiger partial charge in [0.2, 0.25) is 0 Å². The molecule has 1 aromatic heterocycles. The fraction of sp³-hybridized carbons (Fsp3) is 0.125. The second kappa shape index (κ2) is 9.90. The van der Waals surface area contributed by atoms with Gasteiger partial charge in [-0.2, -0.15) is 0 Å². The first kappa shape index (κ1) is 23.6. The van der Waals surface area contributed by atoms with Gasteiger partial charge in [0, 0.05) is 29.8 Å². The SMILES string of the molecule is O=C(O)C1C(c2ccccc2)[C@@H](C(=O)Oc2ccc3cc(-c4cncnc4)ccc3c2)[C@H]1c1ccccc1. The van der Waals surface area contributed by atoms with Gasteiger partial charge in [0.1, 0.15) is 12.1 Å². The molecular formula is C32H24N2O4. The number of ether oxygens (including phenoxy) is 1. The molecule has 6 heteroatoms. The molecule has 1 heterocycles. The van der Waals surface area contributed by atoms with Crippen LogP contribution in [-0.2, 0) is 9.59 Å². The molecule has 1 fully saturated rings. The van der Waals surface area contributed by atoms with Crippen LogP contribution in [0.2, 0.25) is 0 Å². The first-order valence-corrected chi connectivity index (χ1v) is 12.4. The number of hydrogen-bond donors (Lipinski definition) is 1. The molecule has 186 valence electrons. The van der Waals surface area contributed by atoms with E-state index in [-0.39, 0.29) is 0 Å². The van der Waals surface area contributed by atoms with E-state index in [1.165, 1.54) is 6.33 Å². The second-order valence-corrected chi connectivity index (χ2v) is 9.53. The van der Waals surface area contributed by atoms with E-state index in [1.807, 2.05) is 91.0 Å². The Hall–Kier alpha value is -4.84. The molecule has 0 amide bonds. The quantitative estimate of drug-likeness (QED) is 0.224. The molecule has 2 unspecified atom stereocenters. The van der Waals surface area contributed by atoms with Crippen LogP contribution in [0.1, 0.15) is 23.0 Å². The van der Waals surface area contributed by atoms with Crippen molar-refractivity contribution in [2.75, 3.05) is 0 Å². The Kier molecular flexibility index (Phi) is 6.14. The van der Waals surface area contributed by atoms with Crippen molar-refractivity contribution in [3.63, 3.8) is 0 Å². The summed E-state index contributed by atoms with van der Waals surface area (Å²) in [5.41, 5.74) is 3.56. The summed E-state index contributed by atoms with van der Waals surface area (Å²) in [4.78, 5) is 34.2. The van der Waals surface area contributed by atoms with Crippen LogP contribution < -0.4 is 4.74 Å². The van der Waals surface area contributed by atoms with Crippen LogP contribution in [0.25, 0.3) is 21.9 Å². The van der Waals surface area contributed by atoms with E-state index in [9.17, 15) is 14.7 Å². The Bertz CT molecular complexity index is 1560. The van der Waals surface area contributed by atoms with Crippen molar-refractivity contribution in [3.8, 4) is 16.9 Å². The molecule has 4 atom stereocenters. The van der Waals surface area contributed by atoms with E-state index in [2.05, 4.69) is 9.97 Å². The molecule has 6 nitrogen and oxygen atoms in total. The monoisotopic (exact) mass is 500 g/mol. The van der Waals surface area contributed by atoms with Gasteiger partial charge in [0.25, 0.3) is 0 Å². The van der Waals surface area contributed by atoms with Crippen molar-refractivity contribution < 1.29 is 19.4 Å². The number of hydrogen-bond acceptors (Lipinski definition) is 5. The van der Waals surface area contributed by atoms with Crippen LogP contribution in [0.15, 0.2) is 116 Å². The van der Waals surface area contributed by atoms with E-state index in [4.69, 9.17) is 4.74 Å². The van der Waals surface area contributed by atoms with E-state index in [0.717, 1.165) is 33.0 Å². The number of fused-ring (bicyclic) bond motifs is 1. The van der Waals surface area contributed by atoms with E-state index < -0.39 is 35.6 Å². The number of benzene rings is 4. The molecule has 6 rings (SSSR count). The Morgan fingerprint density at radius 2 is 1.24 bits per heavy atom. The summed E-state index contributed by atoms with van der Waals surface area (Å²) in [7, 11) is 0. The Labute approximate surface area is 219 Å². The van der Waals surface area contributed by atoms with Gasteiger partial charge in [-0.25, -0.2) is 9.97 Å². The minimum Gasteiger partial charge on any atom is -0.481 e. The average Bonchev–Trinajstić information content (AvgIpc) is 2.93. The summed E-state index contributed by atoms with van der Waals surface area (Å²) < 4.78 is 5.92. The molecule has 1 aliphatic carbocycles. The van der Waals surface area contributed by atoms with Crippen molar-refractivity contribution in [1.29, 1.82) is 0 Å². The maximum Gasteiger partial charge on any atom is 0.315 e. The first-order chi connectivity index (χ1) is 18.6. The number of carbonyl (C=O) groups is 2. The van der Waals surface area contributed by atoms with Gasteiger partial charge in [-0.3, -0.25) is 9.59 Å². The summed E-state index contributed by atoms with van der Waals surface area (Å²) in [5.74, 6) is -3.24. The standard InChI is InChI=1S/C32H24N2O4/c35-31(36)29-27(20-7-3-1-4-8-20)30(28(29)21-9-5-2-6-10-21)32(37)38-26-14-13-22-15-23(11-12-24(22)16-26)25-17-33-19-34-18-25/h1-19,27-30H,(H,35,36)/t27-,28?,29?,30-/m0/s1. The lowest BCUT2D eigenvalue weighted by Gasteiger charge is -2.48. The van der Waals surface area contributed by atoms with Crippen LogP contribution in [0.3, 0.4) is 0 Å². The highest BCUT2D eigenvalue weighted by Crippen LogP contribution is 2.58. The lowest BCUT2D eigenvalue weighted by Crippen LogP contribution is -2.52. The van der Waals surface area contributed by atoms with Crippen LogP contribution in [0, 0.1) is 11.8 Å². The molecule has 4 aromatic carbocycles. The zero-order chi connectivity index (χ0) is 26.1. The second-order valence-electron chi connectivity index (χ2n) is 9.53. The molecule has 1 saturated carbocycles. The van der Waals surface area contributed by atoms with Crippen molar-refractivity contribution in [1.82, 2.24) is 9.97 Å². The first-order valence-electron chi connectivity index (χ1n) is 12.4. The summed E-state index contributed by atoms with van der Waals surface area (Å²) in [6.07, 6.45) is 5.02. The molecule has 0 spiro atoms. The Balaban J connectivity index is 1.31. The molecule has 0 bridgehead atoms. The van der Waals surface area contributed by atoms with Gasteiger partial charge >= 0.3 is 11.9 Å². The Morgan fingerprint density at radius 1 is 0.658 bits per heavy atom. The minimum atomic E-state index is -0.915. The molecule has 0 aliphatic heterocycles. The van der Waals surface area contributed by atoms with Gasteiger partial charge in [0.15, 0.2) is 0 Å². The van der Waals surface area contributed by atoms with Crippen LogP contribution >= 0.6 is 0 Å². The van der Waals surface area contributed by atoms with Crippen molar-refractivity contribution in [3.05, 3.63) is 127 Å². The molecule has 1 N–H and O–H groups in total. The van der Waals surface area contributed by atoms with E-state index >= 15 is 0 Å². The van der Waals surface area contributed by atoms with Gasteiger partial charge < -0.3 is 9.84 Å². The van der Waals surface area contributed by atoms with Crippen LogP contribution in [-0.4, -0.2) is 27.0 Å². The number of carbonyl (C=O) groups excluding carboxylic acids is 1. The van der Waals surface area contributed by atoms with Gasteiger partial charge in [-0.1, -0.05) is 78.9 Å². The maximum atomic E-state index is 13.7. The highest BCUT2D eigenvalue weighted by atomic mass is 16.5. The smallest absolute Gasteiger partial charge is 0.315 e. The van der Waals surface area contributed by atoms with Gasteiger partial charge in [-0.15, -0.1) is 0 Å². The van der Waals surface area contributed by atoms with E-state index in [0.29, 0.717) is 5.75 Å². The largest absolute Gasteiger partial charge is 0.481 e. The number of aromatic nitrogens is 2. The predicted octanol–water partition coefficient (Wildman–Crippen LogP) is 6.10. The predicted molar refractivity (Wildman–Crippen MR) is 144 cm³/mol. The van der Waals surface area contributed by atoms with Gasteiger partial charge in [-0.05, 0) is 45.7 Å². The van der Waals surface area contributed by atoms with Crippen LogP contribution in [0.5, 0.6) is 5.75 Å². The molecule has 0 saturated heterocycles. The molecule has 5 aromatic rings. The van der Waals surface area contributed by atoms with Crippen LogP contribution in [0.4, 0.5) is 0 Å². The van der Waals surface area contributed by atoms with Crippen molar-refractivity contribution in [2.24, 2.45) is 11.8 Å². The summed E-state index contributed by atoms with van der Waals surface area (Å²) in [6, 6.07) is 30.3. The maximum absolute atomic E-state index is 13.7. The zero-order valence-electron chi connectivity index (χ0n) is 20.3.